The minimum absolute atomic E-state index is 0.124. The number of carbonyl (C=O) groups is 3. The van der Waals surface area contributed by atoms with E-state index in [9.17, 15) is 14.4 Å². The monoisotopic (exact) mass is 544 g/mol. The molecule has 10 nitrogen and oxygen atoms in total. The maximum Gasteiger partial charge on any atom is 0.256 e. The number of hydrogen-bond acceptors (Lipinski definition) is 6. The summed E-state index contributed by atoms with van der Waals surface area (Å²) in [5, 5.41) is 14.6. The Balaban J connectivity index is 1.38. The van der Waals surface area contributed by atoms with Crippen molar-refractivity contribution in [2.24, 2.45) is 5.41 Å². The number of nitrogens with zero attached hydrogens (tertiary/aromatic N) is 4. The highest BCUT2D eigenvalue weighted by Gasteiger charge is 2.45. The molecule has 2 N–H and O–H groups in total. The third-order valence-corrected chi connectivity index (χ3v) is 7.95. The molecular formula is C30H36N6O4. The first kappa shape index (κ1) is 27.5. The van der Waals surface area contributed by atoms with Gasteiger partial charge in [-0.25, -0.2) is 0 Å². The number of hydrogen-bond donors (Lipinski definition) is 2. The van der Waals surface area contributed by atoms with Gasteiger partial charge in [0.15, 0.2) is 6.10 Å². The zero-order valence-corrected chi connectivity index (χ0v) is 22.8. The van der Waals surface area contributed by atoms with Gasteiger partial charge in [0, 0.05) is 52.3 Å². The number of methoxy groups -OCH3 is 1. The fraction of sp³-hybridized carbons (Fsp3) is 0.433. The van der Waals surface area contributed by atoms with Crippen LogP contribution in [0.2, 0.25) is 0 Å². The van der Waals surface area contributed by atoms with Gasteiger partial charge in [0.05, 0.1) is 11.1 Å². The molecular weight excluding hydrogens is 508 g/mol. The molecule has 40 heavy (non-hydrogen) atoms. The first-order valence-electron chi connectivity index (χ1n) is 13.9. The summed E-state index contributed by atoms with van der Waals surface area (Å²) in [7, 11) is 1.53. The number of carbonyl (C=O) groups excluding carboxylic acids is 3. The minimum Gasteiger partial charge on any atom is -0.367 e. The summed E-state index contributed by atoms with van der Waals surface area (Å²) in [5.74, 6) is -0.528. The van der Waals surface area contributed by atoms with Crippen LogP contribution in [-0.4, -0.2) is 70.4 Å². The molecule has 1 spiro atoms. The zero-order chi connectivity index (χ0) is 28.0. The second-order valence-corrected chi connectivity index (χ2v) is 10.6. The van der Waals surface area contributed by atoms with E-state index in [0.717, 1.165) is 16.8 Å². The van der Waals surface area contributed by atoms with Crippen molar-refractivity contribution in [1.82, 2.24) is 30.5 Å². The predicted octanol–water partition coefficient (Wildman–Crippen LogP) is 2.06. The number of likely N-dealkylation sites (tertiary alicyclic amines) is 1. The van der Waals surface area contributed by atoms with Gasteiger partial charge in [-0.2, -0.15) is 0 Å². The van der Waals surface area contributed by atoms with Gasteiger partial charge in [-0.1, -0.05) is 65.9 Å². The van der Waals surface area contributed by atoms with Crippen molar-refractivity contribution in [3.63, 3.8) is 0 Å². The number of ether oxygens (including phenoxy) is 1. The molecule has 2 aliphatic heterocycles. The molecule has 0 unspecified atom stereocenters. The summed E-state index contributed by atoms with van der Waals surface area (Å²) in [6.07, 6.45) is 3.51. The molecule has 3 heterocycles. The number of fused-ring (bicyclic) bond motifs is 2. The molecule has 0 radical (unpaired) electrons. The highest BCUT2D eigenvalue weighted by Crippen LogP contribution is 2.36. The van der Waals surface area contributed by atoms with E-state index in [-0.39, 0.29) is 17.7 Å². The van der Waals surface area contributed by atoms with Crippen LogP contribution in [0.15, 0.2) is 66.9 Å². The molecule has 1 fully saturated rings. The Bertz CT molecular complexity index is 1300. The Morgan fingerprint density at radius 1 is 1.05 bits per heavy atom. The van der Waals surface area contributed by atoms with Gasteiger partial charge < -0.3 is 20.3 Å². The average Bonchev–Trinajstić information content (AvgIpc) is 3.43. The SMILES string of the molecule is CO[C@H](C(=O)N1CCC2(CC1)Cc1cn(nn1)CCCNC(=O)[C@H](Cc1ccccc1)NC2=O)c1ccccc1. The lowest BCUT2D eigenvalue weighted by Gasteiger charge is -2.41. The van der Waals surface area contributed by atoms with Gasteiger partial charge in [-0.3, -0.25) is 19.1 Å². The maximum absolute atomic E-state index is 14.1. The van der Waals surface area contributed by atoms with Gasteiger partial charge >= 0.3 is 0 Å². The first-order valence-corrected chi connectivity index (χ1v) is 13.9. The number of amides is 3. The topological polar surface area (TPSA) is 118 Å². The maximum atomic E-state index is 14.1. The van der Waals surface area contributed by atoms with Crippen LogP contribution in [0.1, 0.15) is 42.2 Å². The third kappa shape index (κ3) is 6.22. The van der Waals surface area contributed by atoms with Gasteiger partial charge in [0.1, 0.15) is 6.04 Å². The molecule has 3 aromatic rings. The third-order valence-electron chi connectivity index (χ3n) is 7.95. The predicted molar refractivity (Wildman–Crippen MR) is 148 cm³/mol. The molecule has 210 valence electrons. The van der Waals surface area contributed by atoms with Crippen LogP contribution < -0.4 is 10.6 Å². The van der Waals surface area contributed by atoms with E-state index in [1.807, 2.05) is 66.9 Å². The van der Waals surface area contributed by atoms with Crippen LogP contribution in [0.25, 0.3) is 0 Å². The summed E-state index contributed by atoms with van der Waals surface area (Å²) in [4.78, 5) is 42.5. The molecule has 2 atom stereocenters. The molecule has 2 aliphatic rings. The lowest BCUT2D eigenvalue weighted by molar-refractivity contribution is -0.148. The van der Waals surface area contributed by atoms with E-state index in [0.29, 0.717) is 58.3 Å². The van der Waals surface area contributed by atoms with E-state index in [4.69, 9.17) is 4.74 Å². The number of aromatic nitrogens is 3. The number of nitrogens with one attached hydrogen (secondary N) is 2. The van der Waals surface area contributed by atoms with Crippen LogP contribution in [0.5, 0.6) is 0 Å². The molecule has 2 bridgehead atoms. The molecule has 1 saturated heterocycles. The quantitative estimate of drug-likeness (QED) is 0.508. The largest absolute Gasteiger partial charge is 0.367 e. The van der Waals surface area contributed by atoms with Crippen molar-refractivity contribution in [3.8, 4) is 0 Å². The molecule has 2 aromatic carbocycles. The lowest BCUT2D eigenvalue weighted by atomic mass is 9.73. The smallest absolute Gasteiger partial charge is 0.256 e. The molecule has 1 aromatic heterocycles. The fourth-order valence-corrected chi connectivity index (χ4v) is 5.63. The van der Waals surface area contributed by atoms with Crippen molar-refractivity contribution in [1.29, 1.82) is 0 Å². The van der Waals surface area contributed by atoms with E-state index >= 15 is 0 Å². The lowest BCUT2D eigenvalue weighted by Crippen LogP contribution is -2.56. The van der Waals surface area contributed by atoms with Gasteiger partial charge in [0.25, 0.3) is 5.91 Å². The van der Waals surface area contributed by atoms with Gasteiger partial charge in [-0.05, 0) is 30.4 Å². The summed E-state index contributed by atoms with van der Waals surface area (Å²) in [5.41, 5.74) is 1.65. The normalized spacial score (nSPS) is 20.4. The van der Waals surface area contributed by atoms with Crippen molar-refractivity contribution in [2.75, 3.05) is 26.7 Å². The van der Waals surface area contributed by atoms with Gasteiger partial charge in [-0.15, -0.1) is 5.10 Å². The van der Waals surface area contributed by atoms with E-state index in [2.05, 4.69) is 20.9 Å². The first-order chi connectivity index (χ1) is 19.5. The Morgan fingerprint density at radius 2 is 1.75 bits per heavy atom. The number of rotatable bonds is 5. The van der Waals surface area contributed by atoms with Crippen LogP contribution in [0.3, 0.4) is 0 Å². The summed E-state index contributed by atoms with van der Waals surface area (Å²) < 4.78 is 7.34. The molecule has 5 rings (SSSR count). The van der Waals surface area contributed by atoms with E-state index in [1.54, 1.807) is 9.58 Å². The van der Waals surface area contributed by atoms with Crippen LogP contribution in [0, 0.1) is 5.41 Å². The van der Waals surface area contributed by atoms with Crippen molar-refractivity contribution in [3.05, 3.63) is 83.7 Å². The molecule has 10 heteroatoms. The highest BCUT2D eigenvalue weighted by molar-refractivity contribution is 5.91. The van der Waals surface area contributed by atoms with Gasteiger partial charge in [0.2, 0.25) is 11.8 Å². The summed E-state index contributed by atoms with van der Waals surface area (Å²) >= 11 is 0. The number of aryl methyl sites for hydroxylation is 1. The van der Waals surface area contributed by atoms with Crippen molar-refractivity contribution in [2.45, 2.75) is 50.8 Å². The standard InChI is InChI=1S/C30H36N6O4/c1-40-26(23-11-6-3-7-12-23)28(38)35-17-13-30(14-18-35)20-24-21-36(34-33-24)16-8-15-31-27(37)25(32-29(30)39)19-22-9-4-2-5-10-22/h2-7,9-12,21,25-26H,8,13-20H2,1H3,(H,31,37)(H,32,39)/t25-,26-/m0/s1. The van der Waals surface area contributed by atoms with Crippen molar-refractivity contribution < 1.29 is 19.1 Å². The van der Waals surface area contributed by atoms with Crippen molar-refractivity contribution >= 4 is 17.7 Å². The zero-order valence-electron chi connectivity index (χ0n) is 22.8. The minimum atomic E-state index is -0.837. The fourth-order valence-electron chi connectivity index (χ4n) is 5.63. The molecule has 0 saturated carbocycles. The van der Waals surface area contributed by atoms with E-state index in [1.165, 1.54) is 7.11 Å². The summed E-state index contributed by atoms with van der Waals surface area (Å²) in [6.45, 7) is 1.87. The summed E-state index contributed by atoms with van der Waals surface area (Å²) in [6, 6.07) is 18.4. The Morgan fingerprint density at radius 3 is 2.45 bits per heavy atom. The Hall–Kier alpha value is -4.05. The number of benzene rings is 2. The Kier molecular flexibility index (Phi) is 8.54. The molecule has 3 amide bonds. The molecule has 0 aliphatic carbocycles. The average molecular weight is 545 g/mol. The second kappa shape index (κ2) is 12.4. The van der Waals surface area contributed by atoms with Crippen LogP contribution >= 0.6 is 0 Å². The second-order valence-electron chi connectivity index (χ2n) is 10.6. The number of piperidine rings is 1. The van der Waals surface area contributed by atoms with E-state index < -0.39 is 17.6 Å². The van der Waals surface area contributed by atoms with Crippen LogP contribution in [0.4, 0.5) is 0 Å². The Labute approximate surface area is 234 Å². The highest BCUT2D eigenvalue weighted by atomic mass is 16.5. The van der Waals surface area contributed by atoms with Crippen LogP contribution in [-0.2, 0) is 38.5 Å².